The fraction of sp³-hybridized carbons (Fsp3) is 0.286. The Hall–Kier alpha value is -1.93. The number of benzene rings is 1. The van der Waals surface area contributed by atoms with Gasteiger partial charge in [-0.1, -0.05) is 23.9 Å². The van der Waals surface area contributed by atoms with Crippen LogP contribution in [-0.2, 0) is 5.75 Å². The van der Waals surface area contributed by atoms with Crippen LogP contribution in [0.4, 0.5) is 0 Å². The van der Waals surface area contributed by atoms with Gasteiger partial charge in [-0.15, -0.1) is 16.4 Å². The van der Waals surface area contributed by atoms with Crippen LogP contribution in [0.1, 0.15) is 17.6 Å². The maximum absolute atomic E-state index is 5.65. The molecule has 3 aromatic rings. The minimum absolute atomic E-state index is 0.597. The number of ether oxygens (including phenoxy) is 1. The summed E-state index contributed by atoms with van der Waals surface area (Å²) in [4.78, 5) is 4.45. The van der Waals surface area contributed by atoms with Crippen molar-refractivity contribution in [1.29, 1.82) is 0 Å². The second-order valence-corrected chi connectivity index (χ2v) is 6.43. The third-order valence-corrected chi connectivity index (χ3v) is 4.63. The first kappa shape index (κ1) is 15.0. The van der Waals surface area contributed by atoms with E-state index >= 15 is 0 Å². The number of nitrogens with zero attached hydrogens (tertiary/aromatic N) is 5. The van der Waals surface area contributed by atoms with Gasteiger partial charge in [0.1, 0.15) is 11.4 Å². The number of tetrazole rings is 1. The lowest BCUT2D eigenvalue weighted by atomic mass is 10.3. The van der Waals surface area contributed by atoms with Gasteiger partial charge in [-0.2, -0.15) is 4.68 Å². The third-order valence-electron chi connectivity index (χ3n) is 2.85. The van der Waals surface area contributed by atoms with Crippen LogP contribution in [-0.4, -0.2) is 31.8 Å². The average molecular weight is 333 g/mol. The summed E-state index contributed by atoms with van der Waals surface area (Å²) in [5.41, 5.74) is 1.88. The predicted octanol–water partition coefficient (Wildman–Crippen LogP) is 3.12. The number of hydrogen-bond acceptors (Lipinski definition) is 7. The van der Waals surface area contributed by atoms with Crippen LogP contribution < -0.4 is 4.74 Å². The lowest BCUT2D eigenvalue weighted by molar-refractivity contribution is 0.337. The largest absolute Gasteiger partial charge is 0.492 e. The van der Waals surface area contributed by atoms with E-state index in [0.29, 0.717) is 6.61 Å². The maximum Gasteiger partial charge on any atom is 0.214 e. The summed E-state index contributed by atoms with van der Waals surface area (Å²) in [5.74, 6) is 1.50. The zero-order chi connectivity index (χ0) is 15.4. The Morgan fingerprint density at radius 2 is 2.18 bits per heavy atom. The number of thioether (sulfide) groups is 1. The minimum atomic E-state index is 0.597. The zero-order valence-electron chi connectivity index (χ0n) is 12.3. The Kier molecular flexibility index (Phi) is 4.69. The average Bonchev–Trinajstić information content (AvgIpc) is 3.15. The van der Waals surface area contributed by atoms with Crippen LogP contribution in [0.3, 0.4) is 0 Å². The van der Waals surface area contributed by atoms with Gasteiger partial charge in [-0.25, -0.2) is 4.98 Å². The number of para-hydroxylation sites is 2. The molecule has 6 nitrogen and oxygen atoms in total. The molecule has 0 amide bonds. The first-order chi connectivity index (χ1) is 10.8. The highest BCUT2D eigenvalue weighted by Crippen LogP contribution is 2.27. The van der Waals surface area contributed by atoms with Gasteiger partial charge in [0.2, 0.25) is 5.16 Å². The molecule has 0 atom stereocenters. The van der Waals surface area contributed by atoms with Crippen LogP contribution in [0.15, 0.2) is 34.8 Å². The van der Waals surface area contributed by atoms with Crippen molar-refractivity contribution in [3.05, 3.63) is 40.3 Å². The molecule has 114 valence electrons. The molecule has 0 aliphatic rings. The summed E-state index contributed by atoms with van der Waals surface area (Å²) in [6.45, 7) is 4.55. The molecule has 0 bridgehead atoms. The van der Waals surface area contributed by atoms with E-state index in [-0.39, 0.29) is 0 Å². The van der Waals surface area contributed by atoms with Gasteiger partial charge >= 0.3 is 0 Å². The maximum atomic E-state index is 5.65. The van der Waals surface area contributed by atoms with Crippen LogP contribution in [0.2, 0.25) is 0 Å². The van der Waals surface area contributed by atoms with Crippen molar-refractivity contribution >= 4 is 23.1 Å². The second-order valence-electron chi connectivity index (χ2n) is 4.42. The number of rotatable bonds is 6. The highest BCUT2D eigenvalue weighted by atomic mass is 32.2. The number of thiazole rings is 1. The first-order valence-corrected chi connectivity index (χ1v) is 8.69. The highest BCUT2D eigenvalue weighted by Gasteiger charge is 2.13. The van der Waals surface area contributed by atoms with Crippen LogP contribution in [0, 0.1) is 6.92 Å². The molecule has 22 heavy (non-hydrogen) atoms. The normalized spacial score (nSPS) is 10.8. The zero-order valence-corrected chi connectivity index (χ0v) is 13.9. The monoisotopic (exact) mass is 333 g/mol. The molecule has 0 N–H and O–H groups in total. The van der Waals surface area contributed by atoms with E-state index in [2.05, 4.69) is 25.9 Å². The summed E-state index contributed by atoms with van der Waals surface area (Å²) in [5, 5.41) is 15.8. The van der Waals surface area contributed by atoms with Gasteiger partial charge in [0.05, 0.1) is 17.3 Å². The molecule has 8 heteroatoms. The van der Waals surface area contributed by atoms with E-state index in [0.717, 1.165) is 33.0 Å². The smallest absolute Gasteiger partial charge is 0.214 e. The standard InChI is InChI=1S/C14H15N5OS2/c1-3-20-13-7-5-4-6-12(13)19-14(16-17-18-19)22-9-11-8-21-10(2)15-11/h4-8H,3,9H2,1-2H3. The van der Waals surface area contributed by atoms with Crippen molar-refractivity contribution in [2.75, 3.05) is 6.61 Å². The summed E-state index contributed by atoms with van der Waals surface area (Å²) in [6.07, 6.45) is 0. The molecular formula is C14H15N5OS2. The Morgan fingerprint density at radius 3 is 2.95 bits per heavy atom. The van der Waals surface area contributed by atoms with Gasteiger partial charge in [0, 0.05) is 11.1 Å². The molecule has 0 fully saturated rings. The Balaban J connectivity index is 1.83. The molecule has 0 saturated heterocycles. The first-order valence-electron chi connectivity index (χ1n) is 6.82. The van der Waals surface area contributed by atoms with Crippen LogP contribution in [0.5, 0.6) is 5.75 Å². The molecule has 0 aliphatic heterocycles. The van der Waals surface area contributed by atoms with E-state index in [9.17, 15) is 0 Å². The molecule has 0 radical (unpaired) electrons. The van der Waals surface area contributed by atoms with Crippen molar-refractivity contribution in [2.45, 2.75) is 24.8 Å². The van der Waals surface area contributed by atoms with Crippen molar-refractivity contribution < 1.29 is 4.74 Å². The van der Waals surface area contributed by atoms with Crippen molar-refractivity contribution in [3.8, 4) is 11.4 Å². The Labute approximate surface area is 136 Å². The van der Waals surface area contributed by atoms with Gasteiger partial charge in [-0.05, 0) is 36.4 Å². The molecule has 0 aliphatic carbocycles. The third kappa shape index (κ3) is 3.28. The van der Waals surface area contributed by atoms with E-state index in [1.165, 1.54) is 0 Å². The summed E-state index contributed by atoms with van der Waals surface area (Å²) >= 11 is 3.21. The molecule has 0 unspecified atom stereocenters. The molecule has 1 aromatic carbocycles. The molecule has 0 saturated carbocycles. The summed E-state index contributed by atoms with van der Waals surface area (Å²) in [7, 11) is 0. The summed E-state index contributed by atoms with van der Waals surface area (Å²) < 4.78 is 7.35. The molecule has 2 heterocycles. The van der Waals surface area contributed by atoms with E-state index in [1.807, 2.05) is 38.1 Å². The Morgan fingerprint density at radius 1 is 1.32 bits per heavy atom. The summed E-state index contributed by atoms with van der Waals surface area (Å²) in [6, 6.07) is 7.73. The van der Waals surface area contributed by atoms with E-state index < -0.39 is 0 Å². The SMILES string of the molecule is CCOc1ccccc1-n1nnnc1SCc1csc(C)n1. The fourth-order valence-corrected chi connectivity index (χ4v) is 3.44. The lowest BCUT2D eigenvalue weighted by Crippen LogP contribution is -2.03. The number of aromatic nitrogens is 5. The minimum Gasteiger partial charge on any atom is -0.492 e. The number of hydrogen-bond donors (Lipinski definition) is 0. The Bertz CT molecular complexity index is 755. The quantitative estimate of drug-likeness (QED) is 0.646. The van der Waals surface area contributed by atoms with Crippen molar-refractivity contribution in [2.24, 2.45) is 0 Å². The van der Waals surface area contributed by atoms with Gasteiger partial charge in [0.15, 0.2) is 0 Å². The van der Waals surface area contributed by atoms with Gasteiger partial charge in [-0.3, -0.25) is 0 Å². The van der Waals surface area contributed by atoms with Crippen LogP contribution in [0.25, 0.3) is 5.69 Å². The lowest BCUT2D eigenvalue weighted by Gasteiger charge is -2.10. The highest BCUT2D eigenvalue weighted by molar-refractivity contribution is 7.98. The predicted molar refractivity (Wildman–Crippen MR) is 86.7 cm³/mol. The van der Waals surface area contributed by atoms with Gasteiger partial charge < -0.3 is 4.74 Å². The molecule has 2 aromatic heterocycles. The van der Waals surface area contributed by atoms with E-state index in [4.69, 9.17) is 4.74 Å². The topological polar surface area (TPSA) is 65.7 Å². The van der Waals surface area contributed by atoms with Gasteiger partial charge in [0.25, 0.3) is 0 Å². The van der Waals surface area contributed by atoms with Crippen molar-refractivity contribution in [1.82, 2.24) is 25.2 Å². The number of aryl methyl sites for hydroxylation is 1. The van der Waals surface area contributed by atoms with E-state index in [1.54, 1.807) is 27.8 Å². The fourth-order valence-electron chi connectivity index (χ4n) is 1.94. The van der Waals surface area contributed by atoms with Crippen molar-refractivity contribution in [3.63, 3.8) is 0 Å². The van der Waals surface area contributed by atoms with Crippen LogP contribution >= 0.6 is 23.1 Å². The second kappa shape index (κ2) is 6.89. The molecule has 0 spiro atoms. The molecule has 3 rings (SSSR count). The molecular weight excluding hydrogens is 318 g/mol.